The lowest BCUT2D eigenvalue weighted by molar-refractivity contribution is -0.136. The molecule has 0 radical (unpaired) electrons. The van der Waals surface area contributed by atoms with Crippen LogP contribution in [-0.2, 0) is 4.79 Å². The molecule has 0 aromatic carbocycles. The maximum atomic E-state index is 11.2. The number of ketones is 1. The lowest BCUT2D eigenvalue weighted by Gasteiger charge is -1.92. The monoisotopic (exact) mass is 182 g/mol. The zero-order valence-electron chi connectivity index (χ0n) is 7.24. The summed E-state index contributed by atoms with van der Waals surface area (Å²) >= 11 is 0. The zero-order chi connectivity index (χ0) is 9.84. The number of aliphatic carboxylic acids is 1. The van der Waals surface area contributed by atoms with Gasteiger partial charge in [0.1, 0.15) is 0 Å². The number of furan rings is 1. The van der Waals surface area contributed by atoms with E-state index in [9.17, 15) is 9.59 Å². The first-order chi connectivity index (χ1) is 6.09. The molecule has 0 saturated heterocycles. The van der Waals surface area contributed by atoms with Gasteiger partial charge in [0.25, 0.3) is 0 Å². The Hall–Kier alpha value is -1.58. The van der Waals surface area contributed by atoms with E-state index in [0.29, 0.717) is 0 Å². The van der Waals surface area contributed by atoms with Gasteiger partial charge in [-0.25, -0.2) is 0 Å². The Morgan fingerprint density at radius 2 is 2.15 bits per heavy atom. The average Bonchev–Trinajstić information content (AvgIpc) is 2.47. The van der Waals surface area contributed by atoms with Gasteiger partial charge in [0, 0.05) is 6.42 Å². The van der Waals surface area contributed by atoms with Gasteiger partial charge >= 0.3 is 5.97 Å². The van der Waals surface area contributed by atoms with Gasteiger partial charge < -0.3 is 9.52 Å². The van der Waals surface area contributed by atoms with Crippen LogP contribution in [-0.4, -0.2) is 16.9 Å². The van der Waals surface area contributed by atoms with Crippen LogP contribution in [0.4, 0.5) is 0 Å². The second kappa shape index (κ2) is 3.89. The Morgan fingerprint density at radius 1 is 1.46 bits per heavy atom. The minimum absolute atomic E-state index is 0.0116. The van der Waals surface area contributed by atoms with E-state index in [1.165, 1.54) is 6.26 Å². The van der Waals surface area contributed by atoms with E-state index < -0.39 is 5.97 Å². The van der Waals surface area contributed by atoms with Gasteiger partial charge in [-0.05, 0) is 18.6 Å². The van der Waals surface area contributed by atoms with Crippen LogP contribution in [0.3, 0.4) is 0 Å². The van der Waals surface area contributed by atoms with E-state index >= 15 is 0 Å². The third kappa shape index (κ3) is 2.74. The number of hydrogen-bond acceptors (Lipinski definition) is 3. The van der Waals surface area contributed by atoms with Crippen LogP contribution < -0.4 is 0 Å². The summed E-state index contributed by atoms with van der Waals surface area (Å²) in [5.74, 6) is -1.01. The molecule has 0 fully saturated rings. The third-order valence-electron chi connectivity index (χ3n) is 1.57. The molecule has 4 heteroatoms. The van der Waals surface area contributed by atoms with Crippen molar-refractivity contribution < 1.29 is 19.1 Å². The number of carboxylic acid groups (broad SMARTS) is 1. The maximum absolute atomic E-state index is 11.2. The minimum Gasteiger partial charge on any atom is -0.481 e. The second-order valence-electron chi connectivity index (χ2n) is 2.81. The smallest absolute Gasteiger partial charge is 0.303 e. The normalized spacial score (nSPS) is 9.92. The molecule has 1 aromatic heterocycles. The van der Waals surface area contributed by atoms with Crippen LogP contribution in [0.15, 0.2) is 16.7 Å². The number of carboxylic acids is 1. The Labute approximate surface area is 75.2 Å². The summed E-state index contributed by atoms with van der Waals surface area (Å²) in [5, 5.41) is 8.33. The molecule has 1 heterocycles. The number of aryl methyl sites for hydroxylation is 1. The minimum atomic E-state index is -0.975. The number of carbonyl (C=O) groups excluding carboxylic acids is 1. The average molecular weight is 182 g/mol. The Bertz CT molecular complexity index is 324. The number of rotatable bonds is 4. The van der Waals surface area contributed by atoms with Crippen LogP contribution in [0.1, 0.15) is 29.0 Å². The van der Waals surface area contributed by atoms with Gasteiger partial charge in [0.05, 0.1) is 12.7 Å². The van der Waals surface area contributed by atoms with Crippen molar-refractivity contribution in [1.29, 1.82) is 0 Å². The van der Waals surface area contributed by atoms with Gasteiger partial charge in [-0.15, -0.1) is 0 Å². The predicted molar refractivity (Wildman–Crippen MR) is 44.6 cm³/mol. The summed E-state index contributed by atoms with van der Waals surface area (Å²) in [6, 6.07) is 1.60. The van der Waals surface area contributed by atoms with Gasteiger partial charge in [0.2, 0.25) is 0 Å². The number of hydrogen-bond donors (Lipinski definition) is 1. The first-order valence-electron chi connectivity index (χ1n) is 3.89. The second-order valence-corrected chi connectivity index (χ2v) is 2.81. The first kappa shape index (κ1) is 9.51. The van der Waals surface area contributed by atoms with E-state index in [-0.39, 0.29) is 24.4 Å². The highest BCUT2D eigenvalue weighted by atomic mass is 16.4. The molecule has 1 aromatic rings. The molecule has 0 aliphatic carbocycles. The van der Waals surface area contributed by atoms with Crippen LogP contribution in [0.2, 0.25) is 0 Å². The zero-order valence-corrected chi connectivity index (χ0v) is 7.24. The Morgan fingerprint density at radius 3 is 2.62 bits per heavy atom. The summed E-state index contributed by atoms with van der Waals surface area (Å²) in [7, 11) is 0. The summed E-state index contributed by atoms with van der Waals surface area (Å²) < 4.78 is 4.92. The van der Waals surface area contributed by atoms with E-state index in [1.54, 1.807) is 13.0 Å². The standard InChI is InChI=1S/C9H10O4/c1-6-4-8(13-5-6)7(10)2-3-9(11)12/h4-5H,2-3H2,1H3,(H,11,12). The van der Waals surface area contributed by atoms with Crippen molar-refractivity contribution in [1.82, 2.24) is 0 Å². The molecule has 0 aliphatic rings. The molecular formula is C9H10O4. The first-order valence-corrected chi connectivity index (χ1v) is 3.89. The van der Waals surface area contributed by atoms with Gasteiger partial charge in [0.15, 0.2) is 11.5 Å². The number of Topliss-reactive ketones (excluding diaryl/α,β-unsaturated/α-hetero) is 1. The molecule has 1 N–H and O–H groups in total. The van der Waals surface area contributed by atoms with Crippen molar-refractivity contribution in [3.8, 4) is 0 Å². The van der Waals surface area contributed by atoms with Crippen LogP contribution >= 0.6 is 0 Å². The highest BCUT2D eigenvalue weighted by Gasteiger charge is 2.11. The molecule has 0 aliphatic heterocycles. The van der Waals surface area contributed by atoms with Crippen molar-refractivity contribution in [3.63, 3.8) is 0 Å². The van der Waals surface area contributed by atoms with Crippen LogP contribution in [0, 0.1) is 6.92 Å². The highest BCUT2D eigenvalue weighted by Crippen LogP contribution is 2.09. The summed E-state index contributed by atoms with van der Waals surface area (Å²) in [6.07, 6.45) is 1.30. The topological polar surface area (TPSA) is 67.5 Å². The molecule has 0 amide bonds. The third-order valence-corrected chi connectivity index (χ3v) is 1.57. The summed E-state index contributed by atoms with van der Waals surface area (Å²) in [4.78, 5) is 21.4. The fourth-order valence-electron chi connectivity index (χ4n) is 0.921. The van der Waals surface area contributed by atoms with E-state index in [1.807, 2.05) is 0 Å². The van der Waals surface area contributed by atoms with Crippen LogP contribution in [0.25, 0.3) is 0 Å². The van der Waals surface area contributed by atoms with Crippen molar-refractivity contribution >= 4 is 11.8 Å². The SMILES string of the molecule is Cc1coc(C(=O)CCC(=O)O)c1. The molecule has 13 heavy (non-hydrogen) atoms. The largest absolute Gasteiger partial charge is 0.481 e. The van der Waals surface area contributed by atoms with Gasteiger partial charge in [-0.3, -0.25) is 9.59 Å². The van der Waals surface area contributed by atoms with E-state index in [2.05, 4.69) is 0 Å². The van der Waals surface area contributed by atoms with Crippen molar-refractivity contribution in [2.24, 2.45) is 0 Å². The molecule has 0 unspecified atom stereocenters. The van der Waals surface area contributed by atoms with Crippen molar-refractivity contribution in [2.45, 2.75) is 19.8 Å². The Balaban J connectivity index is 2.54. The summed E-state index contributed by atoms with van der Waals surface area (Å²) in [5.41, 5.74) is 0.860. The summed E-state index contributed by atoms with van der Waals surface area (Å²) in [6.45, 7) is 1.80. The lowest BCUT2D eigenvalue weighted by atomic mass is 10.2. The van der Waals surface area contributed by atoms with Gasteiger partial charge in [-0.2, -0.15) is 0 Å². The van der Waals surface area contributed by atoms with E-state index in [0.717, 1.165) is 5.56 Å². The quantitative estimate of drug-likeness (QED) is 0.718. The molecule has 0 bridgehead atoms. The van der Waals surface area contributed by atoms with Gasteiger partial charge in [-0.1, -0.05) is 0 Å². The van der Waals surface area contributed by atoms with E-state index in [4.69, 9.17) is 9.52 Å². The fraction of sp³-hybridized carbons (Fsp3) is 0.333. The van der Waals surface area contributed by atoms with Crippen molar-refractivity contribution in [2.75, 3.05) is 0 Å². The molecular weight excluding hydrogens is 172 g/mol. The molecule has 0 saturated carbocycles. The number of carbonyl (C=O) groups is 2. The Kier molecular flexibility index (Phi) is 2.84. The molecule has 70 valence electrons. The lowest BCUT2D eigenvalue weighted by Crippen LogP contribution is -2.02. The van der Waals surface area contributed by atoms with Crippen molar-refractivity contribution in [3.05, 3.63) is 23.7 Å². The van der Waals surface area contributed by atoms with Crippen LogP contribution in [0.5, 0.6) is 0 Å². The maximum Gasteiger partial charge on any atom is 0.303 e. The molecule has 0 spiro atoms. The highest BCUT2D eigenvalue weighted by molar-refractivity contribution is 5.95. The molecule has 1 rings (SSSR count). The predicted octanol–water partition coefficient (Wildman–Crippen LogP) is 1.64. The molecule has 0 atom stereocenters. The molecule has 4 nitrogen and oxygen atoms in total. The fourth-order valence-corrected chi connectivity index (χ4v) is 0.921.